The Balaban J connectivity index is 2.17. The predicted octanol–water partition coefficient (Wildman–Crippen LogP) is 5.72. The molecule has 2 rings (SSSR count). The molecule has 0 spiro atoms. The van der Waals surface area contributed by atoms with E-state index in [1.807, 2.05) is 18.2 Å². The largest absolute Gasteiger partial charge is 0.488 e. The molecule has 5 heteroatoms. The van der Waals surface area contributed by atoms with Gasteiger partial charge in [-0.05, 0) is 24.3 Å². The van der Waals surface area contributed by atoms with Gasteiger partial charge in [0.1, 0.15) is 18.2 Å². The first-order valence-corrected chi connectivity index (χ1v) is 7.81. The van der Waals surface area contributed by atoms with Gasteiger partial charge in [-0.3, -0.25) is 0 Å². The van der Waals surface area contributed by atoms with E-state index in [1.165, 1.54) is 6.07 Å². The summed E-state index contributed by atoms with van der Waals surface area (Å²) in [5.74, 6) is 0.293. The standard InChI is InChI=1S/C14H10Br2ClFO/c15-7-10-6-11(16)4-5-13(10)19-8-9-2-1-3-12(17)14(9)18/h1-6H,7-8H2. The third-order valence-electron chi connectivity index (χ3n) is 2.58. The highest BCUT2D eigenvalue weighted by Gasteiger charge is 2.08. The lowest BCUT2D eigenvalue weighted by Gasteiger charge is -2.11. The van der Waals surface area contributed by atoms with Crippen LogP contribution in [0, 0.1) is 5.82 Å². The summed E-state index contributed by atoms with van der Waals surface area (Å²) in [5, 5.41) is 0.775. The van der Waals surface area contributed by atoms with Crippen LogP contribution in [0.15, 0.2) is 40.9 Å². The molecular formula is C14H10Br2ClFO. The monoisotopic (exact) mass is 406 g/mol. The van der Waals surface area contributed by atoms with Gasteiger partial charge in [-0.1, -0.05) is 55.6 Å². The van der Waals surface area contributed by atoms with Crippen LogP contribution >= 0.6 is 43.5 Å². The lowest BCUT2D eigenvalue weighted by molar-refractivity contribution is 0.297. The molecule has 0 N–H and O–H groups in total. The molecule has 0 aliphatic carbocycles. The van der Waals surface area contributed by atoms with Crippen molar-refractivity contribution in [3.05, 3.63) is 62.8 Å². The first kappa shape index (κ1) is 14.8. The zero-order valence-corrected chi connectivity index (χ0v) is 13.7. The summed E-state index contributed by atoms with van der Waals surface area (Å²) in [5.41, 5.74) is 1.44. The summed E-state index contributed by atoms with van der Waals surface area (Å²) in [6.45, 7) is 0.147. The van der Waals surface area contributed by atoms with E-state index >= 15 is 0 Å². The van der Waals surface area contributed by atoms with E-state index in [9.17, 15) is 4.39 Å². The molecule has 0 saturated heterocycles. The van der Waals surface area contributed by atoms with Gasteiger partial charge in [-0.15, -0.1) is 0 Å². The maximum Gasteiger partial charge on any atom is 0.148 e. The normalized spacial score (nSPS) is 10.5. The Morgan fingerprint density at radius 2 is 1.95 bits per heavy atom. The van der Waals surface area contributed by atoms with Crippen LogP contribution in [0.5, 0.6) is 5.75 Å². The molecule has 0 unspecified atom stereocenters. The lowest BCUT2D eigenvalue weighted by Crippen LogP contribution is -2.00. The molecule has 100 valence electrons. The second kappa shape index (κ2) is 6.73. The highest BCUT2D eigenvalue weighted by Crippen LogP contribution is 2.27. The van der Waals surface area contributed by atoms with E-state index < -0.39 is 5.82 Å². The van der Waals surface area contributed by atoms with Crippen molar-refractivity contribution in [2.45, 2.75) is 11.9 Å². The van der Waals surface area contributed by atoms with Crippen molar-refractivity contribution >= 4 is 43.5 Å². The van der Waals surface area contributed by atoms with Crippen LogP contribution in [0.2, 0.25) is 5.02 Å². The second-order valence-electron chi connectivity index (χ2n) is 3.89. The highest BCUT2D eigenvalue weighted by molar-refractivity contribution is 9.10. The molecule has 1 nitrogen and oxygen atoms in total. The van der Waals surface area contributed by atoms with Gasteiger partial charge in [0.05, 0.1) is 5.02 Å². The minimum absolute atomic E-state index is 0.109. The minimum Gasteiger partial charge on any atom is -0.488 e. The van der Waals surface area contributed by atoms with Gasteiger partial charge in [0.25, 0.3) is 0 Å². The van der Waals surface area contributed by atoms with Crippen molar-refractivity contribution < 1.29 is 9.13 Å². The van der Waals surface area contributed by atoms with E-state index in [0.29, 0.717) is 10.9 Å². The fraction of sp³-hybridized carbons (Fsp3) is 0.143. The van der Waals surface area contributed by atoms with Crippen molar-refractivity contribution in [2.24, 2.45) is 0 Å². The van der Waals surface area contributed by atoms with E-state index in [4.69, 9.17) is 16.3 Å². The van der Waals surface area contributed by atoms with Crippen molar-refractivity contribution in [3.8, 4) is 5.75 Å². The van der Waals surface area contributed by atoms with Crippen LogP contribution in [0.4, 0.5) is 4.39 Å². The quantitative estimate of drug-likeness (QED) is 0.589. The van der Waals surface area contributed by atoms with Gasteiger partial charge in [0.15, 0.2) is 0 Å². The molecule has 0 amide bonds. The van der Waals surface area contributed by atoms with Gasteiger partial charge in [0.2, 0.25) is 0 Å². The number of rotatable bonds is 4. The molecule has 2 aromatic carbocycles. The Morgan fingerprint density at radius 3 is 2.68 bits per heavy atom. The van der Waals surface area contributed by atoms with E-state index in [-0.39, 0.29) is 11.6 Å². The number of ether oxygens (including phenoxy) is 1. The zero-order chi connectivity index (χ0) is 13.8. The maximum absolute atomic E-state index is 13.7. The summed E-state index contributed by atoms with van der Waals surface area (Å²) < 4.78 is 20.4. The van der Waals surface area contributed by atoms with Gasteiger partial charge in [-0.2, -0.15) is 0 Å². The summed E-state index contributed by atoms with van der Waals surface area (Å²) in [7, 11) is 0. The molecule has 0 heterocycles. The summed E-state index contributed by atoms with van der Waals surface area (Å²) >= 11 is 12.5. The summed E-state index contributed by atoms with van der Waals surface area (Å²) in [4.78, 5) is 0. The van der Waals surface area contributed by atoms with E-state index in [1.54, 1.807) is 12.1 Å². The molecule has 0 fully saturated rings. The fourth-order valence-electron chi connectivity index (χ4n) is 1.61. The molecule has 0 aliphatic heterocycles. The number of benzene rings is 2. The van der Waals surface area contributed by atoms with Crippen LogP contribution in [0.3, 0.4) is 0 Å². The number of halogens is 4. The molecule has 0 radical (unpaired) electrons. The van der Waals surface area contributed by atoms with Gasteiger partial charge in [0, 0.05) is 20.9 Å². The topological polar surface area (TPSA) is 9.23 Å². The number of hydrogen-bond donors (Lipinski definition) is 0. The van der Waals surface area contributed by atoms with Crippen LogP contribution in [0.25, 0.3) is 0 Å². The van der Waals surface area contributed by atoms with Gasteiger partial charge < -0.3 is 4.74 Å². The Kier molecular flexibility index (Phi) is 5.25. The zero-order valence-electron chi connectivity index (χ0n) is 9.80. The number of hydrogen-bond acceptors (Lipinski definition) is 1. The molecule has 0 aliphatic rings. The van der Waals surface area contributed by atoms with Crippen molar-refractivity contribution in [1.29, 1.82) is 0 Å². The fourth-order valence-corrected chi connectivity index (χ4v) is 2.65. The average Bonchev–Trinajstić information content (AvgIpc) is 2.41. The molecular weight excluding hydrogens is 398 g/mol. The predicted molar refractivity (Wildman–Crippen MR) is 82.5 cm³/mol. The number of alkyl halides is 1. The van der Waals surface area contributed by atoms with Crippen LogP contribution in [0.1, 0.15) is 11.1 Å². The average molecular weight is 408 g/mol. The third-order valence-corrected chi connectivity index (χ3v) is 3.97. The third kappa shape index (κ3) is 3.71. The first-order chi connectivity index (χ1) is 9.11. The van der Waals surface area contributed by atoms with Gasteiger partial charge in [-0.25, -0.2) is 4.39 Å². The first-order valence-electron chi connectivity index (χ1n) is 5.52. The van der Waals surface area contributed by atoms with Crippen molar-refractivity contribution in [3.63, 3.8) is 0 Å². The van der Waals surface area contributed by atoms with Crippen LogP contribution in [-0.2, 0) is 11.9 Å². The van der Waals surface area contributed by atoms with Gasteiger partial charge >= 0.3 is 0 Å². The van der Waals surface area contributed by atoms with Crippen molar-refractivity contribution in [1.82, 2.24) is 0 Å². The molecule has 0 aromatic heterocycles. The second-order valence-corrected chi connectivity index (χ2v) is 5.77. The summed E-state index contributed by atoms with van der Waals surface area (Å²) in [6, 6.07) is 10.6. The Hall–Kier alpha value is -0.580. The SMILES string of the molecule is Fc1c(Cl)cccc1COc1ccc(Br)cc1CBr. The van der Waals surface area contributed by atoms with E-state index in [2.05, 4.69) is 31.9 Å². The molecule has 0 atom stereocenters. The molecule has 0 bridgehead atoms. The molecule has 2 aromatic rings. The minimum atomic E-state index is -0.429. The Bertz CT molecular complexity index is 590. The Morgan fingerprint density at radius 1 is 1.16 bits per heavy atom. The van der Waals surface area contributed by atoms with Crippen LogP contribution in [-0.4, -0.2) is 0 Å². The molecule has 19 heavy (non-hydrogen) atoms. The van der Waals surface area contributed by atoms with Crippen LogP contribution < -0.4 is 4.74 Å². The molecule has 0 saturated carbocycles. The summed E-state index contributed by atoms with van der Waals surface area (Å²) in [6.07, 6.45) is 0. The maximum atomic E-state index is 13.7. The van der Waals surface area contributed by atoms with Crippen molar-refractivity contribution in [2.75, 3.05) is 0 Å². The Labute approximate surface area is 133 Å². The van der Waals surface area contributed by atoms with E-state index in [0.717, 1.165) is 15.8 Å². The highest BCUT2D eigenvalue weighted by atomic mass is 79.9. The lowest BCUT2D eigenvalue weighted by atomic mass is 10.2. The smallest absolute Gasteiger partial charge is 0.148 e.